The predicted octanol–water partition coefficient (Wildman–Crippen LogP) is 3.04. The van der Waals surface area contributed by atoms with Gasteiger partial charge in [0.15, 0.2) is 5.75 Å². The lowest BCUT2D eigenvalue weighted by atomic mass is 10.0. The third-order valence-electron chi connectivity index (χ3n) is 6.06. The van der Waals surface area contributed by atoms with Crippen molar-refractivity contribution in [1.82, 2.24) is 24.5 Å². The van der Waals surface area contributed by atoms with Crippen LogP contribution in [0.1, 0.15) is 11.1 Å². The topological polar surface area (TPSA) is 175 Å². The fourth-order valence-corrected chi connectivity index (χ4v) is 4.29. The highest BCUT2D eigenvalue weighted by Gasteiger charge is 2.20. The van der Waals surface area contributed by atoms with Crippen molar-refractivity contribution in [2.24, 2.45) is 0 Å². The Kier molecular flexibility index (Phi) is 6.15. The molecular weight excluding hydrogens is 478 g/mol. The van der Waals surface area contributed by atoms with Crippen LogP contribution in [0, 0.1) is 17.0 Å². The van der Waals surface area contributed by atoms with E-state index in [0.717, 1.165) is 16.8 Å². The molecule has 3 aromatic heterocycles. The first kappa shape index (κ1) is 23.8. The van der Waals surface area contributed by atoms with E-state index in [2.05, 4.69) is 25.3 Å². The fraction of sp³-hybridized carbons (Fsp3) is 0.160. The Bertz CT molecular complexity index is 1660. The van der Waals surface area contributed by atoms with Gasteiger partial charge < -0.3 is 30.1 Å². The molecular formula is C25H23N7O5. The Balaban J connectivity index is 1.49. The van der Waals surface area contributed by atoms with Crippen molar-refractivity contribution < 1.29 is 15.1 Å². The minimum atomic E-state index is -0.670. The second-order valence-electron chi connectivity index (χ2n) is 8.62. The van der Waals surface area contributed by atoms with Gasteiger partial charge in [-0.25, -0.2) is 9.97 Å². The van der Waals surface area contributed by atoms with Crippen molar-refractivity contribution in [2.75, 3.05) is 11.9 Å². The molecule has 5 aromatic rings. The van der Waals surface area contributed by atoms with Crippen LogP contribution in [0.15, 0.2) is 66.1 Å². The number of fused-ring (bicyclic) bond motifs is 1. The van der Waals surface area contributed by atoms with Crippen molar-refractivity contribution in [2.45, 2.75) is 19.4 Å². The van der Waals surface area contributed by atoms with Crippen LogP contribution < -0.4 is 10.9 Å². The number of nitrogens with one attached hydrogen (secondary N) is 3. The number of aromatic nitrogens is 5. The summed E-state index contributed by atoms with van der Waals surface area (Å²) < 4.78 is 1.87. The zero-order chi connectivity index (χ0) is 26.1. The van der Waals surface area contributed by atoms with Gasteiger partial charge >= 0.3 is 5.69 Å². The summed E-state index contributed by atoms with van der Waals surface area (Å²) in [6.45, 7) is 1.62. The van der Waals surface area contributed by atoms with Gasteiger partial charge in [0.2, 0.25) is 0 Å². The summed E-state index contributed by atoms with van der Waals surface area (Å²) in [5.74, 6) is -0.0855. The Labute approximate surface area is 209 Å². The molecule has 5 rings (SSSR count). The first-order chi connectivity index (χ1) is 17.8. The molecule has 2 aromatic carbocycles. The van der Waals surface area contributed by atoms with Crippen molar-refractivity contribution >= 4 is 22.4 Å². The van der Waals surface area contributed by atoms with E-state index in [1.54, 1.807) is 24.7 Å². The van der Waals surface area contributed by atoms with E-state index in [1.807, 2.05) is 29.8 Å². The number of aromatic amines is 2. The molecule has 0 aliphatic carbocycles. The predicted molar refractivity (Wildman–Crippen MR) is 137 cm³/mol. The number of anilines is 1. The average molecular weight is 502 g/mol. The van der Waals surface area contributed by atoms with Gasteiger partial charge in [-0.2, -0.15) is 0 Å². The second-order valence-corrected chi connectivity index (χ2v) is 8.62. The number of aliphatic hydroxyl groups excluding tert-OH is 1. The first-order valence-electron chi connectivity index (χ1n) is 11.4. The Morgan fingerprint density at radius 2 is 2.08 bits per heavy atom. The third-order valence-corrected chi connectivity index (χ3v) is 6.06. The number of H-pyrrole nitrogens is 2. The maximum absolute atomic E-state index is 12.9. The fourth-order valence-electron chi connectivity index (χ4n) is 4.29. The maximum atomic E-state index is 12.9. The molecule has 12 nitrogen and oxygen atoms in total. The summed E-state index contributed by atoms with van der Waals surface area (Å²) in [4.78, 5) is 38.1. The summed E-state index contributed by atoms with van der Waals surface area (Å²) >= 11 is 0. The number of pyridine rings is 1. The lowest BCUT2D eigenvalue weighted by Gasteiger charge is -2.19. The summed E-state index contributed by atoms with van der Waals surface area (Å²) in [5, 5.41) is 34.1. The normalized spacial score (nSPS) is 12.1. The SMILES string of the molecule is Cc1cc(-n2ccnc2)cc2[nH]c(-c3c(N[C@H](CO)Cc4ccc(O)c([N+](=O)[O-])c4)cc[nH]c3=O)nc12. The number of aliphatic hydroxyl groups is 1. The zero-order valence-corrected chi connectivity index (χ0v) is 19.7. The molecule has 0 saturated carbocycles. The summed E-state index contributed by atoms with van der Waals surface area (Å²) in [6.07, 6.45) is 6.91. The van der Waals surface area contributed by atoms with Gasteiger partial charge in [-0.1, -0.05) is 6.07 Å². The van der Waals surface area contributed by atoms with Crippen LogP contribution in [0.25, 0.3) is 28.1 Å². The van der Waals surface area contributed by atoms with Crippen LogP contribution in [0.4, 0.5) is 11.4 Å². The van der Waals surface area contributed by atoms with E-state index < -0.39 is 22.4 Å². The quantitative estimate of drug-likeness (QED) is 0.159. The molecule has 0 aliphatic heterocycles. The molecule has 188 valence electrons. The highest BCUT2D eigenvalue weighted by atomic mass is 16.6. The summed E-state index contributed by atoms with van der Waals surface area (Å²) in [6, 6.07) is 9.03. The first-order valence-corrected chi connectivity index (χ1v) is 11.4. The number of imidazole rings is 2. The van der Waals surface area contributed by atoms with Crippen molar-refractivity contribution in [1.29, 1.82) is 0 Å². The van der Waals surface area contributed by atoms with E-state index in [4.69, 9.17) is 0 Å². The number of hydrogen-bond donors (Lipinski definition) is 5. The minimum Gasteiger partial charge on any atom is -0.502 e. The number of nitrogens with zero attached hydrogens (tertiary/aromatic N) is 4. The molecule has 0 bridgehead atoms. The van der Waals surface area contributed by atoms with Crippen molar-refractivity contribution in [3.63, 3.8) is 0 Å². The summed E-state index contributed by atoms with van der Waals surface area (Å²) in [5.41, 5.74) is 3.68. The van der Waals surface area contributed by atoms with Gasteiger partial charge in [0.25, 0.3) is 5.56 Å². The molecule has 5 N–H and O–H groups in total. The molecule has 0 amide bonds. The van der Waals surface area contributed by atoms with Crippen LogP contribution >= 0.6 is 0 Å². The molecule has 12 heteroatoms. The molecule has 0 unspecified atom stereocenters. The third kappa shape index (κ3) is 4.65. The maximum Gasteiger partial charge on any atom is 0.310 e. The van der Waals surface area contributed by atoms with Crippen molar-refractivity contribution in [3.8, 4) is 22.8 Å². The van der Waals surface area contributed by atoms with E-state index in [0.29, 0.717) is 22.6 Å². The van der Waals surface area contributed by atoms with Gasteiger partial charge in [-0.3, -0.25) is 14.9 Å². The standard InChI is InChI=1S/C25H23N7O5/c1-14-8-17(31-7-6-26-13-31)11-19-23(14)30-24(29-19)22-18(4-5-27-25(22)35)28-16(12-33)9-15-2-3-21(34)20(10-15)32(36)37/h2-8,10-11,13,16,33-34H,9,12H2,1H3,(H,29,30)(H2,27,28,35)/t16-/m0/s1. The van der Waals surface area contributed by atoms with Gasteiger partial charge in [-0.05, 0) is 48.7 Å². The number of phenolic OH excluding ortho intramolecular Hbond substituents is 1. The Morgan fingerprint density at radius 1 is 1.24 bits per heavy atom. The second kappa shape index (κ2) is 9.59. The van der Waals surface area contributed by atoms with Gasteiger partial charge in [0.1, 0.15) is 11.4 Å². The minimum absolute atomic E-state index is 0.206. The monoisotopic (exact) mass is 501 g/mol. The van der Waals surface area contributed by atoms with E-state index in [-0.39, 0.29) is 24.2 Å². The lowest BCUT2D eigenvalue weighted by molar-refractivity contribution is -0.385. The number of nitro groups is 1. The van der Waals surface area contributed by atoms with Gasteiger partial charge in [-0.15, -0.1) is 0 Å². The molecule has 0 aliphatic rings. The Morgan fingerprint density at radius 3 is 2.81 bits per heavy atom. The number of rotatable bonds is 8. The van der Waals surface area contributed by atoms with Gasteiger partial charge in [0, 0.05) is 30.3 Å². The van der Waals surface area contributed by atoms with E-state index >= 15 is 0 Å². The highest BCUT2D eigenvalue weighted by Crippen LogP contribution is 2.29. The average Bonchev–Trinajstić information content (AvgIpc) is 3.55. The zero-order valence-electron chi connectivity index (χ0n) is 19.7. The molecule has 0 spiro atoms. The molecule has 0 saturated heterocycles. The smallest absolute Gasteiger partial charge is 0.310 e. The van der Waals surface area contributed by atoms with E-state index in [1.165, 1.54) is 18.3 Å². The molecule has 0 fully saturated rings. The molecule has 3 heterocycles. The van der Waals surface area contributed by atoms with Crippen LogP contribution in [0.3, 0.4) is 0 Å². The highest BCUT2D eigenvalue weighted by molar-refractivity contribution is 5.86. The van der Waals surface area contributed by atoms with E-state index in [9.17, 15) is 25.1 Å². The van der Waals surface area contributed by atoms with Crippen LogP contribution in [-0.4, -0.2) is 52.3 Å². The van der Waals surface area contributed by atoms with Crippen LogP contribution in [0.2, 0.25) is 0 Å². The largest absolute Gasteiger partial charge is 0.502 e. The number of aryl methyl sites for hydroxylation is 1. The number of nitro benzene ring substituents is 1. The Hall–Kier alpha value is -4.97. The number of benzene rings is 2. The molecule has 37 heavy (non-hydrogen) atoms. The lowest BCUT2D eigenvalue weighted by Crippen LogP contribution is -2.28. The number of hydrogen-bond acceptors (Lipinski definition) is 8. The van der Waals surface area contributed by atoms with Crippen LogP contribution in [-0.2, 0) is 6.42 Å². The molecule has 0 radical (unpaired) electrons. The van der Waals surface area contributed by atoms with Gasteiger partial charge in [0.05, 0.1) is 40.6 Å². The van der Waals surface area contributed by atoms with Crippen molar-refractivity contribution in [3.05, 3.63) is 92.9 Å². The molecule has 1 atom stereocenters. The number of phenols is 1. The number of aromatic hydroxyl groups is 1. The van der Waals surface area contributed by atoms with Crippen LogP contribution in [0.5, 0.6) is 5.75 Å². The summed E-state index contributed by atoms with van der Waals surface area (Å²) in [7, 11) is 0.